The fraction of sp³-hybridized carbons (Fsp3) is 1.00. The van der Waals surface area contributed by atoms with Crippen LogP contribution in [0.3, 0.4) is 0 Å². The van der Waals surface area contributed by atoms with Crippen LogP contribution in [0.4, 0.5) is 0 Å². The van der Waals surface area contributed by atoms with Gasteiger partial charge in [0.25, 0.3) is 0 Å². The van der Waals surface area contributed by atoms with Gasteiger partial charge < -0.3 is 50.0 Å². The maximum absolute atomic E-state index is 9.87. The van der Waals surface area contributed by atoms with Crippen LogP contribution in [0.2, 0.25) is 0 Å². The van der Waals surface area contributed by atoms with E-state index in [4.69, 9.17) is 19.3 Å². The average Bonchev–Trinajstić information content (AvgIpc) is 2.47. The lowest BCUT2D eigenvalue weighted by molar-refractivity contribution is -0.349. The Balaban J connectivity index is 2.01. The van der Waals surface area contributed by atoms with E-state index in [0.717, 1.165) is 0 Å². The molecular weight excluding hydrogens is 292 g/mol. The second kappa shape index (κ2) is 6.79. The summed E-state index contributed by atoms with van der Waals surface area (Å²) in [5.41, 5.74) is 0. The molecule has 0 aromatic rings. The van der Waals surface area contributed by atoms with E-state index in [1.54, 1.807) is 0 Å². The second-order valence-electron chi connectivity index (χ2n) is 5.08. The molecule has 0 bridgehead atoms. The Morgan fingerprint density at radius 1 is 0.905 bits per heavy atom. The van der Waals surface area contributed by atoms with Crippen molar-refractivity contribution < 1.29 is 50.0 Å². The first-order valence-corrected chi connectivity index (χ1v) is 6.48. The molecule has 0 aromatic heterocycles. The second-order valence-corrected chi connectivity index (χ2v) is 5.08. The fourth-order valence-corrected chi connectivity index (χ4v) is 2.27. The third-order valence-electron chi connectivity index (χ3n) is 3.59. The monoisotopic (exact) mass is 312 g/mol. The van der Waals surface area contributed by atoms with Crippen LogP contribution in [-0.2, 0) is 14.2 Å². The van der Waals surface area contributed by atoms with Crippen LogP contribution in [-0.4, -0.2) is 104 Å². The standard InChI is InChI=1S/C11H20O10/c12-1-4-6(15)7(16)9(10(18)20-4)21-11-8(17)5(14)3(13)2-19-11/h3-18H,1-2H2/t3-,4-,5+,6-,7+,8+,9+,10+,11-/m1/s1. The molecule has 2 heterocycles. The van der Waals surface area contributed by atoms with Crippen LogP contribution in [0.1, 0.15) is 0 Å². The zero-order valence-corrected chi connectivity index (χ0v) is 11.0. The van der Waals surface area contributed by atoms with Crippen LogP contribution in [0.15, 0.2) is 0 Å². The van der Waals surface area contributed by atoms with E-state index in [1.165, 1.54) is 0 Å². The first kappa shape index (κ1) is 17.0. The molecule has 124 valence electrons. The molecule has 2 aliphatic rings. The number of hydrogen-bond acceptors (Lipinski definition) is 10. The molecular formula is C11H20O10. The number of ether oxygens (including phenoxy) is 3. The largest absolute Gasteiger partial charge is 0.394 e. The Hall–Kier alpha value is -0.400. The molecule has 10 nitrogen and oxygen atoms in total. The molecule has 0 radical (unpaired) electrons. The molecule has 2 rings (SSSR count). The molecule has 21 heavy (non-hydrogen) atoms. The van der Waals surface area contributed by atoms with Gasteiger partial charge in [-0.25, -0.2) is 0 Å². The Labute approximate surface area is 119 Å². The summed E-state index contributed by atoms with van der Waals surface area (Å²) in [5, 5.41) is 66.7. The van der Waals surface area contributed by atoms with Gasteiger partial charge in [-0.1, -0.05) is 0 Å². The van der Waals surface area contributed by atoms with Gasteiger partial charge in [-0.3, -0.25) is 0 Å². The lowest BCUT2D eigenvalue weighted by atomic mass is 9.98. The summed E-state index contributed by atoms with van der Waals surface area (Å²) in [6.07, 6.45) is -13.3. The highest BCUT2D eigenvalue weighted by Crippen LogP contribution is 2.26. The van der Waals surface area contributed by atoms with Crippen LogP contribution < -0.4 is 0 Å². The van der Waals surface area contributed by atoms with E-state index in [-0.39, 0.29) is 6.61 Å². The summed E-state index contributed by atoms with van der Waals surface area (Å²) in [6.45, 7) is -0.931. The van der Waals surface area contributed by atoms with Gasteiger partial charge in [0.2, 0.25) is 0 Å². The van der Waals surface area contributed by atoms with E-state index in [9.17, 15) is 30.6 Å². The van der Waals surface area contributed by atoms with Gasteiger partial charge in [0.1, 0.15) is 42.7 Å². The van der Waals surface area contributed by atoms with Crippen molar-refractivity contribution in [2.45, 2.75) is 55.3 Å². The molecule has 7 N–H and O–H groups in total. The number of hydrogen-bond donors (Lipinski definition) is 7. The molecule has 0 unspecified atom stereocenters. The van der Waals surface area contributed by atoms with Gasteiger partial charge in [0, 0.05) is 0 Å². The van der Waals surface area contributed by atoms with Gasteiger partial charge in [0.15, 0.2) is 12.6 Å². The average molecular weight is 312 g/mol. The summed E-state index contributed by atoms with van der Waals surface area (Å²) in [4.78, 5) is 0. The van der Waals surface area contributed by atoms with E-state index in [1.807, 2.05) is 0 Å². The maximum atomic E-state index is 9.87. The maximum Gasteiger partial charge on any atom is 0.186 e. The van der Waals surface area contributed by atoms with Crippen molar-refractivity contribution in [2.75, 3.05) is 13.2 Å². The predicted molar refractivity (Wildman–Crippen MR) is 62.6 cm³/mol. The molecule has 0 spiro atoms. The van der Waals surface area contributed by atoms with Gasteiger partial charge in [0.05, 0.1) is 13.2 Å². The van der Waals surface area contributed by atoms with Crippen molar-refractivity contribution in [3.8, 4) is 0 Å². The molecule has 0 aliphatic carbocycles. The van der Waals surface area contributed by atoms with Crippen LogP contribution in [0, 0.1) is 0 Å². The summed E-state index contributed by atoms with van der Waals surface area (Å²) in [5.74, 6) is 0. The minimum Gasteiger partial charge on any atom is -0.394 e. The first-order valence-electron chi connectivity index (χ1n) is 6.48. The number of aliphatic hydroxyl groups is 7. The third-order valence-corrected chi connectivity index (χ3v) is 3.59. The molecule has 0 amide bonds. The van der Waals surface area contributed by atoms with Crippen LogP contribution in [0.5, 0.6) is 0 Å². The van der Waals surface area contributed by atoms with Crippen molar-refractivity contribution in [3.05, 3.63) is 0 Å². The Kier molecular flexibility index (Phi) is 5.48. The lowest BCUT2D eigenvalue weighted by Crippen LogP contribution is -2.62. The van der Waals surface area contributed by atoms with Crippen LogP contribution >= 0.6 is 0 Å². The van der Waals surface area contributed by atoms with Gasteiger partial charge >= 0.3 is 0 Å². The van der Waals surface area contributed by atoms with E-state index >= 15 is 0 Å². The molecule has 2 aliphatic heterocycles. The van der Waals surface area contributed by atoms with Gasteiger partial charge in [-0.15, -0.1) is 0 Å². The predicted octanol–water partition coefficient (Wildman–Crippen LogP) is -4.76. The third kappa shape index (κ3) is 3.35. The smallest absolute Gasteiger partial charge is 0.186 e. The Morgan fingerprint density at radius 2 is 1.57 bits per heavy atom. The highest BCUT2D eigenvalue weighted by Gasteiger charge is 2.48. The zero-order chi connectivity index (χ0) is 15.7. The summed E-state index contributed by atoms with van der Waals surface area (Å²) < 4.78 is 15.0. The number of aliphatic hydroxyl groups excluding tert-OH is 7. The van der Waals surface area contributed by atoms with E-state index in [2.05, 4.69) is 0 Å². The lowest BCUT2D eigenvalue weighted by Gasteiger charge is -2.43. The van der Waals surface area contributed by atoms with Crippen molar-refractivity contribution in [3.63, 3.8) is 0 Å². The molecule has 0 saturated carbocycles. The molecule has 2 saturated heterocycles. The molecule has 10 heteroatoms. The van der Waals surface area contributed by atoms with Crippen molar-refractivity contribution in [1.29, 1.82) is 0 Å². The Morgan fingerprint density at radius 3 is 2.19 bits per heavy atom. The van der Waals surface area contributed by atoms with Crippen molar-refractivity contribution in [2.24, 2.45) is 0 Å². The van der Waals surface area contributed by atoms with E-state index in [0.29, 0.717) is 0 Å². The minimum atomic E-state index is -1.68. The minimum absolute atomic E-state index is 0.315. The zero-order valence-electron chi connectivity index (χ0n) is 11.0. The molecule has 9 atom stereocenters. The van der Waals surface area contributed by atoms with Crippen molar-refractivity contribution in [1.82, 2.24) is 0 Å². The Bertz CT molecular complexity index is 341. The summed E-state index contributed by atoms with van der Waals surface area (Å²) >= 11 is 0. The molecule has 2 fully saturated rings. The van der Waals surface area contributed by atoms with Gasteiger partial charge in [-0.2, -0.15) is 0 Å². The highest BCUT2D eigenvalue weighted by atomic mass is 16.7. The quantitative estimate of drug-likeness (QED) is 0.268. The van der Waals surface area contributed by atoms with Gasteiger partial charge in [-0.05, 0) is 0 Å². The molecule has 0 aromatic carbocycles. The highest BCUT2D eigenvalue weighted by molar-refractivity contribution is 4.91. The fourth-order valence-electron chi connectivity index (χ4n) is 2.27. The van der Waals surface area contributed by atoms with Crippen molar-refractivity contribution >= 4 is 0 Å². The van der Waals surface area contributed by atoms with Crippen LogP contribution in [0.25, 0.3) is 0 Å². The van der Waals surface area contributed by atoms with E-state index < -0.39 is 61.9 Å². The first-order chi connectivity index (χ1) is 9.86. The summed E-state index contributed by atoms with van der Waals surface area (Å²) in [7, 11) is 0. The normalized spacial score (nSPS) is 51.9. The summed E-state index contributed by atoms with van der Waals surface area (Å²) in [6, 6.07) is 0. The SMILES string of the molecule is OC[C@H]1O[C@H](O)[C@@H](O[C@H]2OC[C@@H](O)[C@H](O)[C@@H]2O)[C@@H](O)[C@@H]1O. The topological polar surface area (TPSA) is 169 Å². The number of rotatable bonds is 3.